The van der Waals surface area contributed by atoms with Crippen LogP contribution in [-0.4, -0.2) is 51.5 Å². The summed E-state index contributed by atoms with van der Waals surface area (Å²) in [6.45, 7) is -0.108. The topological polar surface area (TPSA) is 65.1 Å². The Morgan fingerprint density at radius 1 is 0.969 bits per heavy atom. The Hall–Kier alpha value is -3.32. The van der Waals surface area contributed by atoms with Gasteiger partial charge in [0.15, 0.2) is 23.9 Å². The number of fused-ring (bicyclic) bond motifs is 1. The molecule has 1 amide bonds. The van der Waals surface area contributed by atoms with Crippen LogP contribution in [0, 0.1) is 0 Å². The number of ether oxygens (including phenoxy) is 3. The maximum absolute atomic E-state index is 12.7. The zero-order chi connectivity index (χ0) is 23.3. The SMILES string of the molecule is COc1ccc2cc(C(=O)C=Cc3cc(Br)c(OCC(=O)N(C)C)c(OC)c3)ccc2c1. The Kier molecular flexibility index (Phi) is 7.53. The van der Waals surface area contributed by atoms with Crippen LogP contribution in [-0.2, 0) is 4.79 Å². The van der Waals surface area contributed by atoms with Crippen LogP contribution in [0.5, 0.6) is 17.2 Å². The van der Waals surface area contributed by atoms with E-state index in [1.807, 2.05) is 30.3 Å². The number of methoxy groups -OCH3 is 2. The Balaban J connectivity index is 1.79. The number of likely N-dealkylation sites (N-methyl/N-ethyl adjacent to an activating group) is 1. The van der Waals surface area contributed by atoms with Crippen LogP contribution in [0.1, 0.15) is 15.9 Å². The number of amides is 1. The normalized spacial score (nSPS) is 10.9. The molecule has 166 valence electrons. The maximum Gasteiger partial charge on any atom is 0.259 e. The molecule has 0 bridgehead atoms. The van der Waals surface area contributed by atoms with Crippen molar-refractivity contribution in [1.29, 1.82) is 0 Å². The Labute approximate surface area is 195 Å². The number of ketones is 1. The van der Waals surface area contributed by atoms with Crippen molar-refractivity contribution in [3.05, 3.63) is 70.2 Å². The highest BCUT2D eigenvalue weighted by atomic mass is 79.9. The molecule has 0 aliphatic rings. The summed E-state index contributed by atoms with van der Waals surface area (Å²) in [4.78, 5) is 26.0. The van der Waals surface area contributed by atoms with E-state index < -0.39 is 0 Å². The first-order valence-electron chi connectivity index (χ1n) is 9.83. The third kappa shape index (κ3) is 5.48. The molecule has 3 aromatic rings. The molecule has 0 saturated heterocycles. The highest BCUT2D eigenvalue weighted by molar-refractivity contribution is 9.10. The number of benzene rings is 3. The average molecular weight is 498 g/mol. The molecule has 0 aliphatic carbocycles. The number of carbonyl (C=O) groups excluding carboxylic acids is 2. The third-order valence-corrected chi connectivity index (χ3v) is 5.44. The smallest absolute Gasteiger partial charge is 0.259 e. The number of hydrogen-bond acceptors (Lipinski definition) is 5. The predicted molar refractivity (Wildman–Crippen MR) is 129 cm³/mol. The molecule has 0 radical (unpaired) electrons. The van der Waals surface area contributed by atoms with Gasteiger partial charge in [-0.05, 0) is 68.7 Å². The fraction of sp³-hybridized carbons (Fsp3) is 0.200. The minimum atomic E-state index is -0.164. The van der Waals surface area contributed by atoms with E-state index in [2.05, 4.69) is 15.9 Å². The van der Waals surface area contributed by atoms with Crippen LogP contribution in [0.2, 0.25) is 0 Å². The van der Waals surface area contributed by atoms with Crippen LogP contribution in [0.4, 0.5) is 0 Å². The van der Waals surface area contributed by atoms with E-state index >= 15 is 0 Å². The molecule has 0 fully saturated rings. The van der Waals surface area contributed by atoms with Gasteiger partial charge in [0.2, 0.25) is 0 Å². The minimum Gasteiger partial charge on any atom is -0.497 e. The quantitative estimate of drug-likeness (QED) is 0.324. The zero-order valence-corrected chi connectivity index (χ0v) is 19.9. The zero-order valence-electron chi connectivity index (χ0n) is 18.3. The van der Waals surface area contributed by atoms with Crippen LogP contribution in [0.15, 0.2) is 59.1 Å². The summed E-state index contributed by atoms with van der Waals surface area (Å²) in [5.74, 6) is 1.38. The van der Waals surface area contributed by atoms with Crippen molar-refractivity contribution in [2.45, 2.75) is 0 Å². The van der Waals surface area contributed by atoms with Crippen molar-refractivity contribution in [3.63, 3.8) is 0 Å². The molecule has 0 unspecified atom stereocenters. The minimum absolute atomic E-state index is 0.108. The molecule has 0 spiro atoms. The van der Waals surface area contributed by atoms with Crippen molar-refractivity contribution in [1.82, 2.24) is 4.90 Å². The van der Waals surface area contributed by atoms with Gasteiger partial charge in [0, 0.05) is 19.7 Å². The number of carbonyl (C=O) groups is 2. The van der Waals surface area contributed by atoms with Gasteiger partial charge in [-0.2, -0.15) is 0 Å². The lowest BCUT2D eigenvalue weighted by molar-refractivity contribution is -0.130. The van der Waals surface area contributed by atoms with Crippen molar-refractivity contribution in [3.8, 4) is 17.2 Å². The summed E-state index contributed by atoms with van der Waals surface area (Å²) in [7, 11) is 6.47. The molecule has 3 aromatic carbocycles. The molecule has 3 rings (SSSR count). The van der Waals surface area contributed by atoms with Crippen LogP contribution < -0.4 is 14.2 Å². The highest BCUT2D eigenvalue weighted by Crippen LogP contribution is 2.37. The van der Waals surface area contributed by atoms with Crippen molar-refractivity contribution in [2.75, 3.05) is 34.9 Å². The van der Waals surface area contributed by atoms with Gasteiger partial charge in [-0.25, -0.2) is 0 Å². The van der Waals surface area contributed by atoms with Crippen molar-refractivity contribution >= 4 is 44.5 Å². The van der Waals surface area contributed by atoms with Gasteiger partial charge in [0.1, 0.15) is 5.75 Å². The lowest BCUT2D eigenvalue weighted by atomic mass is 10.0. The molecule has 0 aromatic heterocycles. The second-order valence-corrected chi connectivity index (χ2v) is 8.09. The van der Waals surface area contributed by atoms with E-state index in [-0.39, 0.29) is 18.3 Å². The van der Waals surface area contributed by atoms with E-state index in [0.717, 1.165) is 22.1 Å². The average Bonchev–Trinajstić information content (AvgIpc) is 2.80. The van der Waals surface area contributed by atoms with Gasteiger partial charge in [0.05, 0.1) is 18.7 Å². The Bertz CT molecular complexity index is 1190. The number of hydrogen-bond donors (Lipinski definition) is 0. The molecular weight excluding hydrogens is 474 g/mol. The maximum atomic E-state index is 12.7. The van der Waals surface area contributed by atoms with Gasteiger partial charge in [-0.15, -0.1) is 0 Å². The number of rotatable bonds is 8. The van der Waals surface area contributed by atoms with Crippen molar-refractivity contribution < 1.29 is 23.8 Å². The van der Waals surface area contributed by atoms with Crippen LogP contribution >= 0.6 is 15.9 Å². The fourth-order valence-corrected chi connectivity index (χ4v) is 3.59. The summed E-state index contributed by atoms with van der Waals surface area (Å²) in [6.07, 6.45) is 3.23. The summed E-state index contributed by atoms with van der Waals surface area (Å²) in [5, 5.41) is 1.96. The summed E-state index contributed by atoms with van der Waals surface area (Å²) in [5.41, 5.74) is 1.34. The largest absolute Gasteiger partial charge is 0.497 e. The Morgan fingerprint density at radius 3 is 2.38 bits per heavy atom. The molecule has 0 saturated carbocycles. The molecule has 0 atom stereocenters. The molecule has 0 N–H and O–H groups in total. The standard InChI is InChI=1S/C25H24BrNO5/c1-27(2)24(29)15-32-25-21(26)11-16(12-23(25)31-4)5-10-22(28)19-7-6-18-14-20(30-3)9-8-17(18)13-19/h5-14H,15H2,1-4H3. The monoisotopic (exact) mass is 497 g/mol. The van der Waals surface area contributed by atoms with E-state index in [9.17, 15) is 9.59 Å². The van der Waals surface area contributed by atoms with Crippen LogP contribution in [0.25, 0.3) is 16.8 Å². The lowest BCUT2D eigenvalue weighted by Gasteiger charge is -2.15. The molecule has 0 aliphatic heterocycles. The summed E-state index contributed by atoms with van der Waals surface area (Å²) < 4.78 is 16.9. The first-order chi connectivity index (χ1) is 15.3. The van der Waals surface area contributed by atoms with E-state index in [4.69, 9.17) is 14.2 Å². The number of halogens is 1. The lowest BCUT2D eigenvalue weighted by Crippen LogP contribution is -2.27. The first kappa shape index (κ1) is 23.3. The first-order valence-corrected chi connectivity index (χ1v) is 10.6. The molecular formula is C25H24BrNO5. The number of allylic oxidation sites excluding steroid dienone is 1. The molecule has 6 nitrogen and oxygen atoms in total. The summed E-state index contributed by atoms with van der Waals surface area (Å²) >= 11 is 3.46. The van der Waals surface area contributed by atoms with E-state index in [1.54, 1.807) is 45.5 Å². The molecule has 32 heavy (non-hydrogen) atoms. The Morgan fingerprint density at radius 2 is 1.69 bits per heavy atom. The molecule has 7 heteroatoms. The molecule has 0 heterocycles. The third-order valence-electron chi connectivity index (χ3n) is 4.85. The van der Waals surface area contributed by atoms with Gasteiger partial charge < -0.3 is 19.1 Å². The second-order valence-electron chi connectivity index (χ2n) is 7.24. The number of nitrogens with zero attached hydrogens (tertiary/aromatic N) is 1. The van der Waals surface area contributed by atoms with Gasteiger partial charge >= 0.3 is 0 Å². The van der Waals surface area contributed by atoms with Crippen LogP contribution in [0.3, 0.4) is 0 Å². The van der Waals surface area contributed by atoms with Gasteiger partial charge in [-0.1, -0.05) is 24.3 Å². The predicted octanol–water partition coefficient (Wildman–Crippen LogP) is 4.98. The van der Waals surface area contributed by atoms with E-state index in [0.29, 0.717) is 21.5 Å². The summed E-state index contributed by atoms with van der Waals surface area (Å²) in [6, 6.07) is 14.8. The van der Waals surface area contributed by atoms with Gasteiger partial charge in [0.25, 0.3) is 5.91 Å². The van der Waals surface area contributed by atoms with Crippen molar-refractivity contribution in [2.24, 2.45) is 0 Å². The fourth-order valence-electron chi connectivity index (χ4n) is 3.01. The van der Waals surface area contributed by atoms with Gasteiger partial charge in [-0.3, -0.25) is 9.59 Å². The van der Waals surface area contributed by atoms with E-state index in [1.165, 1.54) is 18.1 Å². The highest BCUT2D eigenvalue weighted by Gasteiger charge is 2.14. The second kappa shape index (κ2) is 10.3.